The van der Waals surface area contributed by atoms with E-state index in [1.165, 1.54) is 15.3 Å². The zero-order chi connectivity index (χ0) is 15.7. The van der Waals surface area contributed by atoms with Crippen molar-refractivity contribution < 1.29 is 9.69 Å². The third-order valence-electron chi connectivity index (χ3n) is 4.32. The fourth-order valence-electron chi connectivity index (χ4n) is 3.01. The quantitative estimate of drug-likeness (QED) is 0.888. The van der Waals surface area contributed by atoms with Gasteiger partial charge in [-0.15, -0.1) is 11.3 Å². The molecular weight excluding hydrogens is 316 g/mol. The number of amides is 1. The molecule has 0 fully saturated rings. The number of aryl methyl sites for hydroxylation is 1. The maximum absolute atomic E-state index is 12.3. The third-order valence-corrected chi connectivity index (χ3v) is 5.63. The van der Waals surface area contributed by atoms with Crippen molar-refractivity contribution in [2.75, 3.05) is 18.4 Å². The number of hydrogen-bond donors (Lipinski definition) is 2. The maximum atomic E-state index is 12.3. The summed E-state index contributed by atoms with van der Waals surface area (Å²) in [5.41, 5.74) is 3.17. The summed E-state index contributed by atoms with van der Waals surface area (Å²) in [5, 5.41) is 5.68. The number of anilines is 1. The molecule has 0 aliphatic carbocycles. The molecule has 2 aromatic rings. The summed E-state index contributed by atoms with van der Waals surface area (Å²) in [5.74, 6) is 0.0197. The van der Waals surface area contributed by atoms with Crippen LogP contribution >= 0.6 is 22.9 Å². The summed E-state index contributed by atoms with van der Waals surface area (Å²) < 4.78 is 0. The number of fused-ring (bicyclic) bond motifs is 1. The Morgan fingerprint density at radius 1 is 1.45 bits per heavy atom. The first-order chi connectivity index (χ1) is 10.5. The SMILES string of the molecule is Cc1ccc(NC(=O)C[NH+]2CCc3sccc3[C@@H]2C)c(Cl)c1. The molecule has 2 heterocycles. The first-order valence-electron chi connectivity index (χ1n) is 7.51. The van der Waals surface area contributed by atoms with E-state index in [1.807, 2.05) is 36.5 Å². The molecule has 1 aliphatic heterocycles. The number of carbonyl (C=O) groups excluding carboxylic acids is 1. The van der Waals surface area contributed by atoms with Gasteiger partial charge in [0.05, 0.1) is 17.3 Å². The van der Waals surface area contributed by atoms with E-state index < -0.39 is 0 Å². The van der Waals surface area contributed by atoms with Gasteiger partial charge in [0.25, 0.3) is 5.91 Å². The van der Waals surface area contributed by atoms with Gasteiger partial charge in [0, 0.05) is 16.9 Å². The van der Waals surface area contributed by atoms with Crippen molar-refractivity contribution in [1.29, 1.82) is 0 Å². The number of halogens is 1. The van der Waals surface area contributed by atoms with Crippen molar-refractivity contribution in [3.8, 4) is 0 Å². The predicted molar refractivity (Wildman–Crippen MR) is 92.0 cm³/mol. The van der Waals surface area contributed by atoms with Gasteiger partial charge in [0.1, 0.15) is 6.04 Å². The lowest BCUT2D eigenvalue weighted by molar-refractivity contribution is -0.923. The number of carbonyl (C=O) groups is 1. The Labute approximate surface area is 139 Å². The molecule has 2 N–H and O–H groups in total. The van der Waals surface area contributed by atoms with Gasteiger partial charge in [0.15, 0.2) is 6.54 Å². The molecule has 0 radical (unpaired) electrons. The van der Waals surface area contributed by atoms with Crippen LogP contribution in [-0.2, 0) is 11.2 Å². The number of hydrogen-bond acceptors (Lipinski definition) is 2. The van der Waals surface area contributed by atoms with Gasteiger partial charge in [-0.3, -0.25) is 4.79 Å². The highest BCUT2D eigenvalue weighted by molar-refractivity contribution is 7.10. The van der Waals surface area contributed by atoms with E-state index in [0.29, 0.717) is 23.3 Å². The molecule has 3 nitrogen and oxygen atoms in total. The minimum absolute atomic E-state index is 0.0197. The summed E-state index contributed by atoms with van der Waals surface area (Å²) in [7, 11) is 0. The zero-order valence-corrected chi connectivity index (χ0v) is 14.4. The van der Waals surface area contributed by atoms with E-state index >= 15 is 0 Å². The van der Waals surface area contributed by atoms with Gasteiger partial charge >= 0.3 is 0 Å². The first-order valence-corrected chi connectivity index (χ1v) is 8.77. The van der Waals surface area contributed by atoms with Crippen LogP contribution in [0.5, 0.6) is 0 Å². The van der Waals surface area contributed by atoms with Gasteiger partial charge in [-0.25, -0.2) is 0 Å². The molecule has 0 saturated heterocycles. The predicted octanol–water partition coefficient (Wildman–Crippen LogP) is 2.85. The summed E-state index contributed by atoms with van der Waals surface area (Å²) in [6.45, 7) is 5.66. The van der Waals surface area contributed by atoms with Crippen LogP contribution in [0, 0.1) is 6.92 Å². The van der Waals surface area contributed by atoms with Gasteiger partial charge < -0.3 is 10.2 Å². The van der Waals surface area contributed by atoms with Crippen molar-refractivity contribution in [3.63, 3.8) is 0 Å². The van der Waals surface area contributed by atoms with E-state index in [0.717, 1.165) is 18.5 Å². The van der Waals surface area contributed by atoms with Gasteiger partial charge in [-0.1, -0.05) is 17.7 Å². The second-order valence-electron chi connectivity index (χ2n) is 5.89. The molecule has 0 saturated carbocycles. The number of nitrogens with one attached hydrogen (secondary N) is 2. The lowest BCUT2D eigenvalue weighted by Crippen LogP contribution is -3.14. The smallest absolute Gasteiger partial charge is 0.279 e. The number of quaternary nitrogens is 1. The van der Waals surface area contributed by atoms with Crippen LogP contribution < -0.4 is 10.2 Å². The van der Waals surface area contributed by atoms with Crippen molar-refractivity contribution >= 4 is 34.5 Å². The van der Waals surface area contributed by atoms with Crippen molar-refractivity contribution in [2.45, 2.75) is 26.3 Å². The van der Waals surface area contributed by atoms with Crippen molar-refractivity contribution in [1.82, 2.24) is 0 Å². The van der Waals surface area contributed by atoms with Crippen molar-refractivity contribution in [2.24, 2.45) is 0 Å². The summed E-state index contributed by atoms with van der Waals surface area (Å²) >= 11 is 8.00. The molecule has 22 heavy (non-hydrogen) atoms. The topological polar surface area (TPSA) is 33.5 Å². The number of thiophene rings is 1. The van der Waals surface area contributed by atoms with Gasteiger partial charge in [0.2, 0.25) is 0 Å². The molecule has 2 atom stereocenters. The lowest BCUT2D eigenvalue weighted by Gasteiger charge is -2.29. The fourth-order valence-corrected chi connectivity index (χ4v) is 4.28. The molecule has 1 amide bonds. The molecule has 0 bridgehead atoms. The van der Waals surface area contributed by atoms with Crippen LogP contribution in [0.3, 0.4) is 0 Å². The minimum Gasteiger partial charge on any atom is -0.321 e. The summed E-state index contributed by atoms with van der Waals surface area (Å²) in [4.78, 5) is 15.1. The Balaban J connectivity index is 1.65. The molecule has 5 heteroatoms. The fraction of sp³-hybridized carbons (Fsp3) is 0.353. The van der Waals surface area contributed by atoms with Crippen LogP contribution in [0.15, 0.2) is 29.6 Å². The molecule has 1 aromatic heterocycles. The summed E-state index contributed by atoms with van der Waals surface area (Å²) in [6.07, 6.45) is 1.06. The molecular formula is C17H20ClN2OS+. The highest BCUT2D eigenvalue weighted by Crippen LogP contribution is 2.25. The monoisotopic (exact) mass is 335 g/mol. The zero-order valence-electron chi connectivity index (χ0n) is 12.8. The van der Waals surface area contributed by atoms with Gasteiger partial charge in [-0.05, 0) is 43.0 Å². The minimum atomic E-state index is 0.0197. The van der Waals surface area contributed by atoms with E-state index in [1.54, 1.807) is 0 Å². The van der Waals surface area contributed by atoms with E-state index in [4.69, 9.17) is 11.6 Å². The van der Waals surface area contributed by atoms with Crippen LogP contribution in [0.2, 0.25) is 5.02 Å². The molecule has 1 unspecified atom stereocenters. The van der Waals surface area contributed by atoms with E-state index in [2.05, 4.69) is 23.7 Å². The summed E-state index contributed by atoms with van der Waals surface area (Å²) in [6, 6.07) is 8.25. The highest BCUT2D eigenvalue weighted by Gasteiger charge is 2.29. The molecule has 116 valence electrons. The largest absolute Gasteiger partial charge is 0.321 e. The lowest BCUT2D eigenvalue weighted by atomic mass is 10.0. The number of rotatable bonds is 3. The highest BCUT2D eigenvalue weighted by atomic mass is 35.5. The maximum Gasteiger partial charge on any atom is 0.279 e. The van der Waals surface area contributed by atoms with Crippen LogP contribution in [-0.4, -0.2) is 19.0 Å². The van der Waals surface area contributed by atoms with Crippen LogP contribution in [0.1, 0.15) is 29.0 Å². The normalized spacial score (nSPS) is 20.5. The number of benzene rings is 1. The third kappa shape index (κ3) is 3.19. The standard InChI is InChI=1S/C17H19ClN2OS/c1-11-3-4-15(14(18)9-11)19-17(21)10-20-7-5-16-13(12(20)2)6-8-22-16/h3-4,6,8-9,12H,5,7,10H2,1-2H3,(H,19,21)/p+1/t12-/m0/s1. The average Bonchev–Trinajstić information content (AvgIpc) is 2.94. The van der Waals surface area contributed by atoms with Crippen molar-refractivity contribution in [3.05, 3.63) is 50.7 Å². The Morgan fingerprint density at radius 2 is 2.27 bits per heavy atom. The Bertz CT molecular complexity index is 698. The average molecular weight is 336 g/mol. The Kier molecular flexibility index (Phi) is 4.52. The molecule has 1 aliphatic rings. The molecule has 3 rings (SSSR count). The van der Waals surface area contributed by atoms with Crippen LogP contribution in [0.4, 0.5) is 5.69 Å². The first kappa shape index (κ1) is 15.5. The Hall–Kier alpha value is -1.36. The second-order valence-corrected chi connectivity index (χ2v) is 7.30. The molecule has 0 spiro atoms. The van der Waals surface area contributed by atoms with E-state index in [-0.39, 0.29) is 5.91 Å². The van der Waals surface area contributed by atoms with Gasteiger partial charge in [-0.2, -0.15) is 0 Å². The Morgan fingerprint density at radius 3 is 3.05 bits per heavy atom. The molecule has 1 aromatic carbocycles. The van der Waals surface area contributed by atoms with Crippen LogP contribution in [0.25, 0.3) is 0 Å². The second kappa shape index (κ2) is 6.41. The van der Waals surface area contributed by atoms with E-state index in [9.17, 15) is 4.79 Å².